The molecule has 1 aromatic carbocycles. The number of thiazole rings is 1. The van der Waals surface area contributed by atoms with E-state index in [-0.39, 0.29) is 6.10 Å². The van der Waals surface area contributed by atoms with E-state index >= 15 is 0 Å². The number of nitrogens with zero attached hydrogens (tertiary/aromatic N) is 1. The van der Waals surface area contributed by atoms with Gasteiger partial charge in [-0.25, -0.2) is 4.98 Å². The number of aromatic nitrogens is 1. The number of hydrogen-bond donors (Lipinski definition) is 1. The maximum atomic E-state index is 10.2. The molecule has 2 heterocycles. The van der Waals surface area contributed by atoms with Crippen LogP contribution in [0.2, 0.25) is 4.34 Å². The van der Waals surface area contributed by atoms with Gasteiger partial charge in [0.1, 0.15) is 20.8 Å². The molecule has 0 aliphatic carbocycles. The molecule has 2 atom stereocenters. The fraction of sp³-hybridized carbons (Fsp3) is 0.308. The van der Waals surface area contributed by atoms with Gasteiger partial charge in [0.2, 0.25) is 0 Å². The highest BCUT2D eigenvalue weighted by Crippen LogP contribution is 2.43. The molecule has 6 heteroatoms. The maximum absolute atomic E-state index is 10.2. The Labute approximate surface area is 119 Å². The molecule has 4 nitrogen and oxygen atoms in total. The highest BCUT2D eigenvalue weighted by molar-refractivity contribution is 7.15. The summed E-state index contributed by atoms with van der Waals surface area (Å²) < 4.78 is 11.7. The van der Waals surface area contributed by atoms with Crippen LogP contribution in [0, 0.1) is 0 Å². The Hall–Kier alpha value is -1.30. The van der Waals surface area contributed by atoms with Crippen molar-refractivity contribution in [2.45, 2.75) is 18.6 Å². The summed E-state index contributed by atoms with van der Waals surface area (Å²) in [6.07, 6.45) is 1.23. The molecule has 1 aliphatic rings. The lowest BCUT2D eigenvalue weighted by molar-refractivity contribution is 0.0653. The Morgan fingerprint density at radius 2 is 2.37 bits per heavy atom. The van der Waals surface area contributed by atoms with Crippen molar-refractivity contribution in [2.75, 3.05) is 7.11 Å². The number of aliphatic hydroxyl groups is 1. The topological polar surface area (TPSA) is 51.6 Å². The van der Waals surface area contributed by atoms with E-state index in [9.17, 15) is 5.11 Å². The summed E-state index contributed by atoms with van der Waals surface area (Å²) in [5.74, 6) is 1.33. The molecule has 1 unspecified atom stereocenters. The largest absolute Gasteiger partial charge is 0.497 e. The van der Waals surface area contributed by atoms with Crippen molar-refractivity contribution in [3.8, 4) is 11.5 Å². The lowest BCUT2D eigenvalue weighted by Crippen LogP contribution is -2.18. The zero-order valence-electron chi connectivity index (χ0n) is 10.2. The summed E-state index contributed by atoms with van der Waals surface area (Å²) in [6.45, 7) is 0. The monoisotopic (exact) mass is 297 g/mol. The third-order valence-electron chi connectivity index (χ3n) is 3.06. The Morgan fingerprint density at radius 1 is 1.53 bits per heavy atom. The Kier molecular flexibility index (Phi) is 3.35. The molecule has 0 spiro atoms. The van der Waals surface area contributed by atoms with Crippen LogP contribution in [0.25, 0.3) is 0 Å². The minimum absolute atomic E-state index is 0.271. The van der Waals surface area contributed by atoms with Crippen LogP contribution < -0.4 is 9.47 Å². The van der Waals surface area contributed by atoms with Gasteiger partial charge < -0.3 is 14.6 Å². The highest BCUT2D eigenvalue weighted by Gasteiger charge is 2.30. The molecule has 3 rings (SSSR count). The van der Waals surface area contributed by atoms with E-state index in [4.69, 9.17) is 21.1 Å². The van der Waals surface area contributed by atoms with Crippen LogP contribution in [-0.4, -0.2) is 17.2 Å². The van der Waals surface area contributed by atoms with Gasteiger partial charge in [0.25, 0.3) is 0 Å². The van der Waals surface area contributed by atoms with Crippen LogP contribution in [-0.2, 0) is 0 Å². The van der Waals surface area contributed by atoms with Crippen molar-refractivity contribution in [3.05, 3.63) is 39.3 Å². The summed E-state index contributed by atoms with van der Waals surface area (Å²) >= 11 is 7.25. The van der Waals surface area contributed by atoms with Gasteiger partial charge >= 0.3 is 0 Å². The lowest BCUT2D eigenvalue weighted by Gasteiger charge is -2.28. The van der Waals surface area contributed by atoms with Crippen molar-refractivity contribution >= 4 is 22.9 Å². The summed E-state index contributed by atoms with van der Waals surface area (Å²) in [5, 5.41) is 11.0. The predicted octanol–water partition coefficient (Wildman–Crippen LogP) is 3.36. The van der Waals surface area contributed by atoms with Crippen LogP contribution in [0.15, 0.2) is 24.4 Å². The molecule has 19 heavy (non-hydrogen) atoms. The smallest absolute Gasteiger partial charge is 0.153 e. The van der Waals surface area contributed by atoms with Crippen LogP contribution >= 0.6 is 22.9 Å². The van der Waals surface area contributed by atoms with E-state index in [1.165, 1.54) is 11.3 Å². The first-order chi connectivity index (χ1) is 9.17. The Balaban J connectivity index is 1.93. The Bertz CT molecular complexity index is 601. The minimum atomic E-state index is -0.567. The molecule has 1 N–H and O–H groups in total. The SMILES string of the molecule is COc1ccc2c(c1)OC(c1ncc(Cl)s1)C[C@H]2O. The summed E-state index contributed by atoms with van der Waals surface area (Å²) in [6, 6.07) is 5.41. The van der Waals surface area contributed by atoms with Crippen molar-refractivity contribution in [1.82, 2.24) is 4.98 Å². The fourth-order valence-electron chi connectivity index (χ4n) is 2.12. The van der Waals surface area contributed by atoms with Crippen LogP contribution in [0.1, 0.15) is 29.2 Å². The molecule has 100 valence electrons. The fourth-order valence-corrected chi connectivity index (χ4v) is 3.09. The molecule has 0 radical (unpaired) electrons. The maximum Gasteiger partial charge on any atom is 0.153 e. The van der Waals surface area contributed by atoms with Gasteiger partial charge in [-0.1, -0.05) is 11.6 Å². The quantitative estimate of drug-likeness (QED) is 0.923. The van der Waals surface area contributed by atoms with Gasteiger partial charge in [0.05, 0.1) is 19.4 Å². The minimum Gasteiger partial charge on any atom is -0.497 e. The van der Waals surface area contributed by atoms with Gasteiger partial charge in [-0.2, -0.15) is 0 Å². The Morgan fingerprint density at radius 3 is 3.05 bits per heavy atom. The number of methoxy groups -OCH3 is 1. The molecule has 2 aromatic rings. The zero-order valence-corrected chi connectivity index (χ0v) is 11.7. The molecule has 0 saturated heterocycles. The van der Waals surface area contributed by atoms with Gasteiger partial charge in [-0.15, -0.1) is 11.3 Å². The average molecular weight is 298 g/mol. The molecular weight excluding hydrogens is 286 g/mol. The van der Waals surface area contributed by atoms with Crippen molar-refractivity contribution in [2.24, 2.45) is 0 Å². The number of aliphatic hydroxyl groups excluding tert-OH is 1. The number of rotatable bonds is 2. The second-order valence-corrected chi connectivity index (χ2v) is 5.96. The number of halogens is 1. The van der Waals surface area contributed by atoms with Gasteiger partial charge in [0.15, 0.2) is 6.10 Å². The molecule has 0 amide bonds. The third kappa shape index (κ3) is 2.41. The second kappa shape index (κ2) is 5.00. The molecule has 0 saturated carbocycles. The predicted molar refractivity (Wildman–Crippen MR) is 73.1 cm³/mol. The van der Waals surface area contributed by atoms with Crippen LogP contribution in [0.3, 0.4) is 0 Å². The van der Waals surface area contributed by atoms with E-state index < -0.39 is 6.10 Å². The normalized spacial score (nSPS) is 21.6. The van der Waals surface area contributed by atoms with E-state index in [1.807, 2.05) is 12.1 Å². The van der Waals surface area contributed by atoms with Gasteiger partial charge in [0, 0.05) is 18.1 Å². The van der Waals surface area contributed by atoms with Crippen molar-refractivity contribution < 1.29 is 14.6 Å². The third-order valence-corrected chi connectivity index (χ3v) is 4.26. The van der Waals surface area contributed by atoms with E-state index in [0.717, 1.165) is 10.6 Å². The lowest BCUT2D eigenvalue weighted by atomic mass is 9.99. The summed E-state index contributed by atoms with van der Waals surface area (Å²) in [7, 11) is 1.60. The number of ether oxygens (including phenoxy) is 2. The standard InChI is InChI=1S/C13H12ClNO3S/c1-17-7-2-3-8-9(16)5-11(18-10(8)4-7)13-15-6-12(14)19-13/h2-4,6,9,11,16H,5H2,1H3/t9-,11?/m1/s1. The average Bonchev–Trinajstić information content (AvgIpc) is 2.84. The van der Waals surface area contributed by atoms with Crippen molar-refractivity contribution in [3.63, 3.8) is 0 Å². The molecule has 1 aromatic heterocycles. The molecule has 0 bridgehead atoms. The number of hydrogen-bond acceptors (Lipinski definition) is 5. The van der Waals surface area contributed by atoms with E-state index in [1.54, 1.807) is 19.4 Å². The van der Waals surface area contributed by atoms with E-state index in [0.29, 0.717) is 22.3 Å². The first-order valence-corrected chi connectivity index (χ1v) is 7.00. The second-order valence-electron chi connectivity index (χ2n) is 4.26. The first-order valence-electron chi connectivity index (χ1n) is 5.81. The number of benzene rings is 1. The highest BCUT2D eigenvalue weighted by atomic mass is 35.5. The molecule has 0 fully saturated rings. The van der Waals surface area contributed by atoms with E-state index in [2.05, 4.69) is 4.98 Å². The number of fused-ring (bicyclic) bond motifs is 1. The summed E-state index contributed by atoms with van der Waals surface area (Å²) in [4.78, 5) is 4.21. The van der Waals surface area contributed by atoms with Crippen LogP contribution in [0.5, 0.6) is 11.5 Å². The van der Waals surface area contributed by atoms with Gasteiger partial charge in [-0.3, -0.25) is 0 Å². The van der Waals surface area contributed by atoms with Gasteiger partial charge in [-0.05, 0) is 12.1 Å². The zero-order chi connectivity index (χ0) is 13.4. The first kappa shape index (κ1) is 12.7. The summed E-state index contributed by atoms with van der Waals surface area (Å²) in [5.41, 5.74) is 0.778. The molecule has 1 aliphatic heterocycles. The molecular formula is C13H12ClNO3S. The van der Waals surface area contributed by atoms with Crippen LogP contribution in [0.4, 0.5) is 0 Å². The van der Waals surface area contributed by atoms with Crippen molar-refractivity contribution in [1.29, 1.82) is 0 Å².